The molecule has 0 bridgehead atoms. The second-order valence-corrected chi connectivity index (χ2v) is 8.45. The number of fused-ring (bicyclic) bond motifs is 1. The molecule has 3 aromatic heterocycles. The van der Waals surface area contributed by atoms with Gasteiger partial charge in [-0.2, -0.15) is 15.5 Å². The summed E-state index contributed by atoms with van der Waals surface area (Å²) in [6.07, 6.45) is 9.07. The van der Waals surface area contributed by atoms with Crippen LogP contribution in [0.4, 0.5) is 8.78 Å². The van der Waals surface area contributed by atoms with Crippen LogP contribution >= 0.6 is 11.8 Å². The van der Waals surface area contributed by atoms with E-state index in [0.29, 0.717) is 22.0 Å². The molecule has 1 fully saturated rings. The maximum atomic E-state index is 14.3. The molecule has 1 aliphatic heterocycles. The Morgan fingerprint density at radius 1 is 1.06 bits per heavy atom. The highest BCUT2D eigenvalue weighted by molar-refractivity contribution is 7.99. The Hall–Kier alpha value is -3.22. The second-order valence-electron chi connectivity index (χ2n) is 7.40. The van der Waals surface area contributed by atoms with Crippen molar-refractivity contribution in [2.24, 2.45) is 0 Å². The van der Waals surface area contributed by atoms with Gasteiger partial charge in [-0.1, -0.05) is 17.8 Å². The molecule has 4 heterocycles. The van der Waals surface area contributed by atoms with Gasteiger partial charge in [0, 0.05) is 28.4 Å². The lowest BCUT2D eigenvalue weighted by Gasteiger charge is -2.22. The summed E-state index contributed by atoms with van der Waals surface area (Å²) in [5, 5.41) is 21.6. The zero-order valence-electron chi connectivity index (χ0n) is 16.4. The highest BCUT2D eigenvalue weighted by Gasteiger charge is 2.19. The molecule has 31 heavy (non-hydrogen) atoms. The van der Waals surface area contributed by atoms with E-state index in [1.807, 2.05) is 23.1 Å². The fourth-order valence-corrected chi connectivity index (χ4v) is 4.89. The molecule has 1 aliphatic rings. The summed E-state index contributed by atoms with van der Waals surface area (Å²) in [7, 11) is 0. The van der Waals surface area contributed by atoms with Gasteiger partial charge >= 0.3 is 0 Å². The van der Waals surface area contributed by atoms with E-state index in [0.717, 1.165) is 48.8 Å². The monoisotopic (exact) mass is 436 g/mol. The SMILES string of the molecule is N#Cc1cnn2cc(-c3cnn(C4CCNCC4)c3)cc(Sc3c(F)cccc3F)c12. The van der Waals surface area contributed by atoms with Crippen molar-refractivity contribution in [3.63, 3.8) is 0 Å². The second kappa shape index (κ2) is 8.13. The van der Waals surface area contributed by atoms with Crippen molar-refractivity contribution in [3.8, 4) is 17.2 Å². The quantitative estimate of drug-likeness (QED) is 0.513. The third-order valence-corrected chi connectivity index (χ3v) is 6.57. The summed E-state index contributed by atoms with van der Waals surface area (Å²) in [4.78, 5) is 0.433. The predicted octanol–water partition coefficient (Wildman–Crippen LogP) is 4.42. The molecule has 1 N–H and O–H groups in total. The number of halogens is 2. The molecule has 0 spiro atoms. The standard InChI is InChI=1S/C22H18F2N6S/c23-18-2-1-3-19(24)22(18)31-20-8-14(12-30-21(20)15(9-25)10-28-30)16-11-27-29(13-16)17-4-6-26-7-5-17/h1-3,8,10-13,17,26H,4-7H2. The van der Waals surface area contributed by atoms with Gasteiger partial charge in [0.15, 0.2) is 0 Å². The van der Waals surface area contributed by atoms with Crippen LogP contribution < -0.4 is 5.32 Å². The third-order valence-electron chi connectivity index (χ3n) is 5.45. The molecule has 0 atom stereocenters. The zero-order valence-corrected chi connectivity index (χ0v) is 17.2. The molecule has 1 saturated heterocycles. The van der Waals surface area contributed by atoms with Crippen LogP contribution in [0.2, 0.25) is 0 Å². The maximum Gasteiger partial charge on any atom is 0.140 e. The highest BCUT2D eigenvalue weighted by Crippen LogP contribution is 2.38. The van der Waals surface area contributed by atoms with Crippen molar-refractivity contribution in [2.75, 3.05) is 13.1 Å². The van der Waals surface area contributed by atoms with E-state index in [1.165, 1.54) is 24.4 Å². The van der Waals surface area contributed by atoms with Gasteiger partial charge in [-0.25, -0.2) is 13.3 Å². The summed E-state index contributed by atoms with van der Waals surface area (Å²) >= 11 is 0.951. The van der Waals surface area contributed by atoms with E-state index in [9.17, 15) is 14.0 Å². The molecular weight excluding hydrogens is 418 g/mol. The molecule has 0 aliphatic carbocycles. The molecule has 6 nitrogen and oxygen atoms in total. The van der Waals surface area contributed by atoms with Gasteiger partial charge in [0.25, 0.3) is 0 Å². The van der Waals surface area contributed by atoms with Gasteiger partial charge in [0.1, 0.15) is 17.7 Å². The van der Waals surface area contributed by atoms with Crippen LogP contribution in [0.15, 0.2) is 58.8 Å². The molecular formula is C22H18F2N6S. The first-order chi connectivity index (χ1) is 15.1. The van der Waals surface area contributed by atoms with Crippen molar-refractivity contribution in [1.82, 2.24) is 24.7 Å². The van der Waals surface area contributed by atoms with Gasteiger partial charge in [0.2, 0.25) is 0 Å². The van der Waals surface area contributed by atoms with Crippen molar-refractivity contribution in [2.45, 2.75) is 28.7 Å². The summed E-state index contributed by atoms with van der Waals surface area (Å²) in [5.41, 5.74) is 2.55. The number of benzene rings is 1. The van der Waals surface area contributed by atoms with Crippen molar-refractivity contribution >= 4 is 17.3 Å². The summed E-state index contributed by atoms with van der Waals surface area (Å²) in [6, 6.07) is 8.05. The Morgan fingerprint density at radius 3 is 2.58 bits per heavy atom. The zero-order chi connectivity index (χ0) is 21.4. The van der Waals surface area contributed by atoms with E-state index >= 15 is 0 Å². The van der Waals surface area contributed by atoms with E-state index in [2.05, 4.69) is 21.6 Å². The van der Waals surface area contributed by atoms with Gasteiger partial charge in [-0.05, 0) is 44.1 Å². The summed E-state index contributed by atoms with van der Waals surface area (Å²) < 4.78 is 32.2. The van der Waals surface area contributed by atoms with E-state index in [4.69, 9.17) is 0 Å². The Labute approximate surface area is 181 Å². The predicted molar refractivity (Wildman–Crippen MR) is 113 cm³/mol. The van der Waals surface area contributed by atoms with E-state index in [-0.39, 0.29) is 4.90 Å². The van der Waals surface area contributed by atoms with Crippen molar-refractivity contribution in [1.29, 1.82) is 5.26 Å². The van der Waals surface area contributed by atoms with E-state index < -0.39 is 11.6 Å². The highest BCUT2D eigenvalue weighted by atomic mass is 32.2. The number of nitrogens with zero attached hydrogens (tertiary/aromatic N) is 5. The Balaban J connectivity index is 1.59. The maximum absolute atomic E-state index is 14.3. The number of pyridine rings is 1. The molecule has 156 valence electrons. The van der Waals surface area contributed by atoms with Crippen LogP contribution in [-0.2, 0) is 0 Å². The summed E-state index contributed by atoms with van der Waals surface area (Å²) in [6.45, 7) is 1.93. The molecule has 0 amide bonds. The smallest absolute Gasteiger partial charge is 0.140 e. The first-order valence-electron chi connectivity index (χ1n) is 9.92. The number of nitriles is 1. The van der Waals surface area contributed by atoms with Gasteiger partial charge in [-0.15, -0.1) is 0 Å². The molecule has 1 aromatic carbocycles. The summed E-state index contributed by atoms with van der Waals surface area (Å²) in [5.74, 6) is -1.30. The number of rotatable bonds is 4. The largest absolute Gasteiger partial charge is 0.317 e. The Kier molecular flexibility index (Phi) is 5.18. The van der Waals surface area contributed by atoms with Gasteiger partial charge in [0.05, 0.1) is 34.4 Å². The number of aromatic nitrogens is 4. The topological polar surface area (TPSA) is 70.9 Å². The minimum absolute atomic E-state index is 0.114. The first-order valence-corrected chi connectivity index (χ1v) is 10.7. The number of hydrogen-bond donors (Lipinski definition) is 1. The lowest BCUT2D eigenvalue weighted by Crippen LogP contribution is -2.29. The lowest BCUT2D eigenvalue weighted by molar-refractivity contribution is 0.343. The van der Waals surface area contributed by atoms with Crippen LogP contribution in [0.25, 0.3) is 16.6 Å². The van der Waals surface area contributed by atoms with Crippen molar-refractivity contribution in [3.05, 3.63) is 66.3 Å². The number of hydrogen-bond acceptors (Lipinski definition) is 5. The third kappa shape index (κ3) is 3.69. The van der Waals surface area contributed by atoms with E-state index in [1.54, 1.807) is 10.7 Å². The molecule has 0 saturated carbocycles. The molecule has 4 aromatic rings. The first kappa shape index (κ1) is 19.7. The van der Waals surface area contributed by atoms with Crippen LogP contribution in [0.5, 0.6) is 0 Å². The molecule has 0 unspecified atom stereocenters. The van der Waals surface area contributed by atoms with Crippen LogP contribution in [0.3, 0.4) is 0 Å². The minimum Gasteiger partial charge on any atom is -0.317 e. The fraction of sp³-hybridized carbons (Fsp3) is 0.227. The van der Waals surface area contributed by atoms with Crippen molar-refractivity contribution < 1.29 is 8.78 Å². The number of piperidine rings is 1. The lowest BCUT2D eigenvalue weighted by atomic mass is 10.1. The fourth-order valence-electron chi connectivity index (χ4n) is 3.85. The minimum atomic E-state index is -0.648. The number of nitrogens with one attached hydrogen (secondary N) is 1. The molecule has 5 rings (SSSR count). The molecule has 9 heteroatoms. The van der Waals surface area contributed by atoms with Crippen LogP contribution in [0, 0.1) is 23.0 Å². The van der Waals surface area contributed by atoms with Crippen LogP contribution in [-0.4, -0.2) is 32.5 Å². The van der Waals surface area contributed by atoms with Gasteiger partial charge in [-0.3, -0.25) is 4.68 Å². The average Bonchev–Trinajstić information content (AvgIpc) is 3.44. The Bertz CT molecular complexity index is 1280. The van der Waals surface area contributed by atoms with Crippen LogP contribution in [0.1, 0.15) is 24.4 Å². The molecule has 0 radical (unpaired) electrons. The average molecular weight is 436 g/mol. The Morgan fingerprint density at radius 2 is 1.84 bits per heavy atom. The normalized spacial score (nSPS) is 14.7. The van der Waals surface area contributed by atoms with Gasteiger partial charge < -0.3 is 5.32 Å².